The predicted molar refractivity (Wildman–Crippen MR) is 55.1 cm³/mol. The Hall–Kier alpha value is -1.22. The molecule has 3 nitrogen and oxygen atoms in total. The van der Waals surface area contributed by atoms with E-state index in [1.165, 1.54) is 0 Å². The molecule has 1 fully saturated rings. The molecule has 3 heteroatoms. The van der Waals surface area contributed by atoms with Gasteiger partial charge in [-0.1, -0.05) is 12.1 Å². The first-order chi connectivity index (χ1) is 6.77. The predicted octanol–water partition coefficient (Wildman–Crippen LogP) is 1.56. The van der Waals surface area contributed by atoms with E-state index in [0.29, 0.717) is 11.4 Å². The molecule has 1 saturated carbocycles. The summed E-state index contributed by atoms with van der Waals surface area (Å²) in [5, 5.41) is 9.58. The van der Waals surface area contributed by atoms with Crippen LogP contribution in [0.1, 0.15) is 19.3 Å². The van der Waals surface area contributed by atoms with Gasteiger partial charge in [0.05, 0.1) is 11.8 Å². The number of nitrogen functional groups attached to an aromatic ring is 1. The number of aliphatic hydroxyl groups is 1. The molecule has 1 aromatic carbocycles. The number of hydrogen-bond acceptors (Lipinski definition) is 3. The van der Waals surface area contributed by atoms with E-state index in [1.807, 2.05) is 18.2 Å². The molecular weight excluding hydrogens is 178 g/mol. The van der Waals surface area contributed by atoms with Crippen molar-refractivity contribution in [1.29, 1.82) is 0 Å². The highest BCUT2D eigenvalue weighted by Gasteiger charge is 2.27. The van der Waals surface area contributed by atoms with Gasteiger partial charge in [0.25, 0.3) is 0 Å². The van der Waals surface area contributed by atoms with Gasteiger partial charge in [0.2, 0.25) is 0 Å². The van der Waals surface area contributed by atoms with Crippen molar-refractivity contribution in [1.82, 2.24) is 0 Å². The average molecular weight is 193 g/mol. The maximum atomic E-state index is 9.58. The quantitative estimate of drug-likeness (QED) is 0.701. The monoisotopic (exact) mass is 193 g/mol. The summed E-state index contributed by atoms with van der Waals surface area (Å²) in [4.78, 5) is 0. The summed E-state index contributed by atoms with van der Waals surface area (Å²) in [5.41, 5.74) is 6.37. The molecule has 14 heavy (non-hydrogen) atoms. The van der Waals surface area contributed by atoms with Crippen molar-refractivity contribution in [3.8, 4) is 5.75 Å². The highest BCUT2D eigenvalue weighted by atomic mass is 16.5. The van der Waals surface area contributed by atoms with E-state index in [-0.39, 0.29) is 12.2 Å². The van der Waals surface area contributed by atoms with E-state index < -0.39 is 0 Å². The number of ether oxygens (including phenoxy) is 1. The Balaban J connectivity index is 2.07. The second-order valence-electron chi connectivity index (χ2n) is 3.69. The number of benzene rings is 1. The first-order valence-corrected chi connectivity index (χ1v) is 4.96. The number of nitrogens with two attached hydrogens (primary N) is 1. The van der Waals surface area contributed by atoms with Crippen LogP contribution in [0.5, 0.6) is 5.75 Å². The summed E-state index contributed by atoms with van der Waals surface area (Å²) in [7, 11) is 0. The Labute approximate surface area is 83.5 Å². The third-order valence-electron chi connectivity index (χ3n) is 2.62. The summed E-state index contributed by atoms with van der Waals surface area (Å²) >= 11 is 0. The summed E-state index contributed by atoms with van der Waals surface area (Å²) < 4.78 is 5.64. The first-order valence-electron chi connectivity index (χ1n) is 4.96. The first kappa shape index (κ1) is 9.34. The number of aliphatic hydroxyl groups excluding tert-OH is 1. The van der Waals surface area contributed by atoms with E-state index in [1.54, 1.807) is 6.07 Å². The van der Waals surface area contributed by atoms with Gasteiger partial charge in [-0.3, -0.25) is 0 Å². The van der Waals surface area contributed by atoms with Gasteiger partial charge in [-0.25, -0.2) is 0 Å². The maximum absolute atomic E-state index is 9.58. The summed E-state index contributed by atoms with van der Waals surface area (Å²) in [5.74, 6) is 0.679. The molecule has 2 unspecified atom stereocenters. The number of para-hydroxylation sites is 2. The van der Waals surface area contributed by atoms with Crippen LogP contribution in [0.2, 0.25) is 0 Å². The minimum atomic E-state index is -0.338. The van der Waals surface area contributed by atoms with Crippen molar-refractivity contribution < 1.29 is 9.84 Å². The smallest absolute Gasteiger partial charge is 0.142 e. The van der Waals surface area contributed by atoms with Crippen LogP contribution >= 0.6 is 0 Å². The normalized spacial score (nSPS) is 26.4. The maximum Gasteiger partial charge on any atom is 0.142 e. The molecule has 1 aliphatic rings. The Morgan fingerprint density at radius 1 is 1.29 bits per heavy atom. The van der Waals surface area contributed by atoms with Gasteiger partial charge in [-0.05, 0) is 31.4 Å². The lowest BCUT2D eigenvalue weighted by Gasteiger charge is -2.18. The van der Waals surface area contributed by atoms with Gasteiger partial charge in [0.1, 0.15) is 11.9 Å². The van der Waals surface area contributed by atoms with E-state index in [2.05, 4.69) is 0 Å². The molecule has 0 aromatic heterocycles. The minimum Gasteiger partial charge on any atom is -0.486 e. The van der Waals surface area contributed by atoms with Crippen LogP contribution in [0.4, 0.5) is 5.69 Å². The van der Waals surface area contributed by atoms with Crippen LogP contribution in [-0.2, 0) is 0 Å². The number of rotatable bonds is 2. The molecule has 76 valence electrons. The second-order valence-corrected chi connectivity index (χ2v) is 3.69. The standard InChI is InChI=1S/C11H15NO2/c12-8-4-1-2-6-10(8)14-11-7-3-5-9(11)13/h1-2,4,6,9,11,13H,3,5,7,12H2. The topological polar surface area (TPSA) is 55.5 Å². The van der Waals surface area contributed by atoms with Gasteiger partial charge in [0.15, 0.2) is 0 Å². The molecule has 0 saturated heterocycles. The molecule has 0 heterocycles. The van der Waals surface area contributed by atoms with Crippen LogP contribution in [-0.4, -0.2) is 17.3 Å². The van der Waals surface area contributed by atoms with Crippen molar-refractivity contribution >= 4 is 5.69 Å². The largest absolute Gasteiger partial charge is 0.486 e. The van der Waals surface area contributed by atoms with Crippen LogP contribution in [0, 0.1) is 0 Å². The Kier molecular flexibility index (Phi) is 2.59. The molecule has 2 rings (SSSR count). The highest BCUT2D eigenvalue weighted by molar-refractivity contribution is 5.51. The van der Waals surface area contributed by atoms with E-state index in [4.69, 9.17) is 10.5 Å². The molecular formula is C11H15NO2. The van der Waals surface area contributed by atoms with Gasteiger partial charge >= 0.3 is 0 Å². The molecule has 0 spiro atoms. The molecule has 0 aliphatic heterocycles. The average Bonchev–Trinajstić information content (AvgIpc) is 2.56. The zero-order chi connectivity index (χ0) is 9.97. The number of anilines is 1. The van der Waals surface area contributed by atoms with Crippen molar-refractivity contribution in [3.05, 3.63) is 24.3 Å². The minimum absolute atomic E-state index is 0.0836. The lowest BCUT2D eigenvalue weighted by molar-refractivity contribution is 0.0609. The molecule has 0 radical (unpaired) electrons. The Morgan fingerprint density at radius 2 is 2.07 bits per heavy atom. The van der Waals surface area contributed by atoms with Crippen molar-refractivity contribution in [3.63, 3.8) is 0 Å². The van der Waals surface area contributed by atoms with Gasteiger partial charge in [-0.15, -0.1) is 0 Å². The third kappa shape index (κ3) is 1.82. The Bertz CT molecular complexity index is 314. The van der Waals surface area contributed by atoms with E-state index in [0.717, 1.165) is 19.3 Å². The van der Waals surface area contributed by atoms with Gasteiger partial charge in [-0.2, -0.15) is 0 Å². The lowest BCUT2D eigenvalue weighted by Crippen LogP contribution is -2.25. The SMILES string of the molecule is Nc1ccccc1OC1CCCC1O. The molecule has 2 atom stereocenters. The number of hydrogen-bond donors (Lipinski definition) is 2. The molecule has 0 bridgehead atoms. The van der Waals surface area contributed by atoms with Crippen LogP contribution in [0.25, 0.3) is 0 Å². The molecule has 1 aliphatic carbocycles. The summed E-state index contributed by atoms with van der Waals surface area (Å²) in [6, 6.07) is 7.39. The zero-order valence-electron chi connectivity index (χ0n) is 8.02. The van der Waals surface area contributed by atoms with Crippen LogP contribution in [0.3, 0.4) is 0 Å². The van der Waals surface area contributed by atoms with E-state index >= 15 is 0 Å². The molecule has 0 amide bonds. The zero-order valence-corrected chi connectivity index (χ0v) is 8.02. The third-order valence-corrected chi connectivity index (χ3v) is 2.62. The highest BCUT2D eigenvalue weighted by Crippen LogP contribution is 2.27. The Morgan fingerprint density at radius 3 is 2.71 bits per heavy atom. The summed E-state index contributed by atoms with van der Waals surface area (Å²) in [6.45, 7) is 0. The fourth-order valence-corrected chi connectivity index (χ4v) is 1.79. The van der Waals surface area contributed by atoms with Gasteiger partial charge in [0, 0.05) is 0 Å². The summed E-state index contributed by atoms with van der Waals surface area (Å²) in [6.07, 6.45) is 2.35. The fourth-order valence-electron chi connectivity index (χ4n) is 1.79. The molecule has 1 aromatic rings. The van der Waals surface area contributed by atoms with Crippen molar-refractivity contribution in [2.45, 2.75) is 31.5 Å². The van der Waals surface area contributed by atoms with Crippen molar-refractivity contribution in [2.24, 2.45) is 0 Å². The van der Waals surface area contributed by atoms with Crippen molar-refractivity contribution in [2.75, 3.05) is 5.73 Å². The van der Waals surface area contributed by atoms with Crippen LogP contribution in [0.15, 0.2) is 24.3 Å². The fraction of sp³-hybridized carbons (Fsp3) is 0.455. The van der Waals surface area contributed by atoms with Crippen LogP contribution < -0.4 is 10.5 Å². The second kappa shape index (κ2) is 3.88. The molecule has 3 N–H and O–H groups in total. The lowest BCUT2D eigenvalue weighted by atomic mass is 10.2. The van der Waals surface area contributed by atoms with Gasteiger partial charge < -0.3 is 15.6 Å². The van der Waals surface area contributed by atoms with E-state index in [9.17, 15) is 5.11 Å².